The average Bonchev–Trinajstić information content (AvgIpc) is 3.46. The van der Waals surface area contributed by atoms with Crippen LogP contribution in [0.2, 0.25) is 0 Å². The van der Waals surface area contributed by atoms with Crippen LogP contribution in [0.4, 0.5) is 4.79 Å². The largest absolute Gasteiger partial charge is 0.461 e. The Morgan fingerprint density at radius 2 is 1.57 bits per heavy atom. The fourth-order valence-electron chi connectivity index (χ4n) is 5.38. The van der Waals surface area contributed by atoms with Crippen molar-refractivity contribution in [2.24, 2.45) is 0 Å². The van der Waals surface area contributed by atoms with Crippen molar-refractivity contribution in [2.45, 2.75) is 25.3 Å². The molecular formula is C32H34N4O4. The third-order valence-electron chi connectivity index (χ3n) is 7.40. The van der Waals surface area contributed by atoms with Crippen molar-refractivity contribution in [1.82, 2.24) is 20.1 Å². The van der Waals surface area contributed by atoms with Gasteiger partial charge in [-0.15, -0.1) is 0 Å². The van der Waals surface area contributed by atoms with Crippen molar-refractivity contribution in [2.75, 3.05) is 33.8 Å². The van der Waals surface area contributed by atoms with Gasteiger partial charge in [0.05, 0.1) is 6.61 Å². The number of hydrogen-bond donors (Lipinski definition) is 2. The third-order valence-corrected chi connectivity index (χ3v) is 7.40. The number of aromatic nitrogens is 1. The summed E-state index contributed by atoms with van der Waals surface area (Å²) < 4.78 is 5.29. The summed E-state index contributed by atoms with van der Waals surface area (Å²) in [6, 6.07) is 24.2. The Balaban J connectivity index is 1.44. The van der Waals surface area contributed by atoms with Crippen LogP contribution in [-0.4, -0.2) is 66.5 Å². The fraction of sp³-hybridized carbons (Fsp3) is 0.281. The van der Waals surface area contributed by atoms with Crippen molar-refractivity contribution in [3.63, 3.8) is 0 Å². The van der Waals surface area contributed by atoms with Crippen molar-refractivity contribution in [1.29, 1.82) is 0 Å². The number of nitrogens with one attached hydrogen (secondary N) is 2. The van der Waals surface area contributed by atoms with E-state index in [4.69, 9.17) is 4.74 Å². The molecule has 0 spiro atoms. The van der Waals surface area contributed by atoms with Crippen molar-refractivity contribution >= 4 is 28.8 Å². The van der Waals surface area contributed by atoms with Crippen LogP contribution in [0.5, 0.6) is 0 Å². The molecule has 1 aliphatic heterocycles. The van der Waals surface area contributed by atoms with Gasteiger partial charge in [0.2, 0.25) is 0 Å². The SMILES string of the molecule is CCOC(=O)c1[nH]c2ccc(CCN3C(=O)NC(c4ccccc4)(c4ccccc4)C3=O)cc2c1CCN(C)C. The Hall–Kier alpha value is -4.43. The molecule has 0 atom stereocenters. The molecule has 3 aromatic carbocycles. The highest BCUT2D eigenvalue weighted by molar-refractivity contribution is 6.09. The molecule has 0 unspecified atom stereocenters. The first kappa shape index (κ1) is 27.1. The Morgan fingerprint density at radius 1 is 0.925 bits per heavy atom. The minimum Gasteiger partial charge on any atom is -0.461 e. The zero-order valence-electron chi connectivity index (χ0n) is 23.1. The molecule has 1 fully saturated rings. The topological polar surface area (TPSA) is 94.7 Å². The van der Waals surface area contributed by atoms with Gasteiger partial charge in [-0.25, -0.2) is 9.59 Å². The maximum atomic E-state index is 14.0. The summed E-state index contributed by atoms with van der Waals surface area (Å²) in [4.78, 5) is 46.5. The Labute approximate surface area is 233 Å². The van der Waals surface area contributed by atoms with Crippen molar-refractivity contribution in [3.05, 3.63) is 107 Å². The number of ether oxygens (including phenoxy) is 1. The highest BCUT2D eigenvalue weighted by atomic mass is 16.5. The molecule has 0 bridgehead atoms. The number of amides is 3. The van der Waals surface area contributed by atoms with E-state index in [0.717, 1.165) is 28.6 Å². The monoisotopic (exact) mass is 538 g/mol. The van der Waals surface area contributed by atoms with Crippen LogP contribution >= 0.6 is 0 Å². The molecule has 1 aromatic heterocycles. The first-order valence-corrected chi connectivity index (χ1v) is 13.6. The molecule has 1 aliphatic rings. The van der Waals surface area contributed by atoms with Gasteiger partial charge >= 0.3 is 12.0 Å². The van der Waals surface area contributed by atoms with Gasteiger partial charge in [-0.05, 0) is 68.2 Å². The van der Waals surface area contributed by atoms with E-state index in [0.29, 0.717) is 36.3 Å². The van der Waals surface area contributed by atoms with E-state index >= 15 is 0 Å². The van der Waals surface area contributed by atoms with Crippen LogP contribution < -0.4 is 5.32 Å². The van der Waals surface area contributed by atoms with E-state index in [-0.39, 0.29) is 18.4 Å². The second-order valence-electron chi connectivity index (χ2n) is 10.3. The smallest absolute Gasteiger partial charge is 0.355 e. The zero-order chi connectivity index (χ0) is 28.3. The molecule has 0 saturated carbocycles. The first-order valence-electron chi connectivity index (χ1n) is 13.6. The number of hydrogen-bond acceptors (Lipinski definition) is 5. The zero-order valence-corrected chi connectivity index (χ0v) is 23.1. The van der Waals surface area contributed by atoms with Crippen LogP contribution in [0.1, 0.15) is 39.7 Å². The number of rotatable bonds is 10. The van der Waals surface area contributed by atoms with Gasteiger partial charge in [-0.2, -0.15) is 0 Å². The predicted octanol–water partition coefficient (Wildman–Crippen LogP) is 4.49. The summed E-state index contributed by atoms with van der Waals surface area (Å²) in [7, 11) is 3.99. The number of carbonyl (C=O) groups excluding carboxylic acids is 3. The van der Waals surface area contributed by atoms with E-state index in [1.54, 1.807) is 6.92 Å². The molecule has 1 saturated heterocycles. The van der Waals surface area contributed by atoms with Gasteiger partial charge in [0.15, 0.2) is 5.54 Å². The summed E-state index contributed by atoms with van der Waals surface area (Å²) in [6.45, 7) is 3.08. The van der Waals surface area contributed by atoms with E-state index in [1.807, 2.05) is 93.0 Å². The second-order valence-corrected chi connectivity index (χ2v) is 10.3. The highest BCUT2D eigenvalue weighted by Crippen LogP contribution is 2.36. The minimum absolute atomic E-state index is 0.222. The molecule has 206 valence electrons. The van der Waals surface area contributed by atoms with E-state index in [9.17, 15) is 14.4 Å². The molecule has 0 radical (unpaired) electrons. The van der Waals surface area contributed by atoms with Crippen molar-refractivity contribution in [3.8, 4) is 0 Å². The van der Waals surface area contributed by atoms with Crippen LogP contribution in [-0.2, 0) is 27.9 Å². The van der Waals surface area contributed by atoms with Gasteiger partial charge in [-0.1, -0.05) is 66.7 Å². The van der Waals surface area contributed by atoms with Gasteiger partial charge in [0.25, 0.3) is 5.91 Å². The molecule has 8 nitrogen and oxygen atoms in total. The number of benzene rings is 3. The van der Waals surface area contributed by atoms with Gasteiger partial charge in [0.1, 0.15) is 5.69 Å². The Bertz CT molecular complexity index is 1490. The van der Waals surface area contributed by atoms with E-state index in [2.05, 4.69) is 15.2 Å². The minimum atomic E-state index is -1.28. The Kier molecular flexibility index (Phi) is 7.71. The molecule has 2 N–H and O–H groups in total. The van der Waals surface area contributed by atoms with Crippen LogP contribution in [0.15, 0.2) is 78.9 Å². The molecule has 8 heteroatoms. The average molecular weight is 539 g/mol. The molecular weight excluding hydrogens is 504 g/mol. The molecule has 5 rings (SSSR count). The summed E-state index contributed by atoms with van der Waals surface area (Å²) in [6.07, 6.45) is 1.15. The molecule has 3 amide bonds. The predicted molar refractivity (Wildman–Crippen MR) is 154 cm³/mol. The Morgan fingerprint density at radius 3 is 2.17 bits per heavy atom. The second kappa shape index (κ2) is 11.4. The lowest BCUT2D eigenvalue weighted by atomic mass is 9.82. The normalized spacial score (nSPS) is 14.7. The van der Waals surface area contributed by atoms with Crippen molar-refractivity contribution < 1.29 is 19.1 Å². The highest BCUT2D eigenvalue weighted by Gasteiger charge is 2.53. The fourth-order valence-corrected chi connectivity index (χ4v) is 5.38. The molecule has 0 aliphatic carbocycles. The first-order chi connectivity index (χ1) is 19.3. The summed E-state index contributed by atoms with van der Waals surface area (Å²) >= 11 is 0. The number of aromatic amines is 1. The number of nitrogens with zero attached hydrogens (tertiary/aromatic N) is 2. The lowest BCUT2D eigenvalue weighted by molar-refractivity contribution is -0.130. The summed E-state index contributed by atoms with van der Waals surface area (Å²) in [5.41, 5.74) is 3.35. The van der Waals surface area contributed by atoms with E-state index < -0.39 is 11.6 Å². The standard InChI is InChI=1S/C32H34N4O4/c1-4-40-29(37)28-25(18-19-35(2)3)26-21-22(15-16-27(26)33-28)17-20-36-30(38)32(34-31(36)39,23-11-7-5-8-12-23)24-13-9-6-10-14-24/h5-16,21,33H,4,17-20H2,1-3H3,(H,34,39). The lowest BCUT2D eigenvalue weighted by Gasteiger charge is -2.28. The quantitative estimate of drug-likeness (QED) is 0.229. The number of carbonyl (C=O) groups is 3. The van der Waals surface area contributed by atoms with E-state index in [1.165, 1.54) is 4.90 Å². The third kappa shape index (κ3) is 4.98. The van der Waals surface area contributed by atoms with Crippen LogP contribution in [0.25, 0.3) is 10.9 Å². The number of likely N-dealkylation sites (N-methyl/N-ethyl adjacent to an activating group) is 1. The number of esters is 1. The molecule has 4 aromatic rings. The number of urea groups is 1. The number of fused-ring (bicyclic) bond motifs is 1. The van der Waals surface area contributed by atoms with Crippen LogP contribution in [0, 0.1) is 0 Å². The summed E-state index contributed by atoms with van der Waals surface area (Å²) in [5, 5.41) is 3.95. The maximum absolute atomic E-state index is 14.0. The van der Waals surface area contributed by atoms with Gasteiger partial charge in [-0.3, -0.25) is 9.69 Å². The maximum Gasteiger partial charge on any atom is 0.355 e. The van der Waals surface area contributed by atoms with Crippen LogP contribution in [0.3, 0.4) is 0 Å². The number of H-pyrrole nitrogens is 1. The molecule has 40 heavy (non-hydrogen) atoms. The molecule has 2 heterocycles. The summed E-state index contributed by atoms with van der Waals surface area (Å²) in [5.74, 6) is -0.666. The lowest BCUT2D eigenvalue weighted by Crippen LogP contribution is -2.45. The van der Waals surface area contributed by atoms with Gasteiger partial charge in [0, 0.05) is 24.0 Å². The number of imide groups is 1. The van der Waals surface area contributed by atoms with Gasteiger partial charge < -0.3 is 19.9 Å².